The number of rotatable bonds is 4. The lowest BCUT2D eigenvalue weighted by atomic mass is 9.89. The Kier molecular flexibility index (Phi) is 4.59. The van der Waals surface area contributed by atoms with Crippen LogP contribution < -0.4 is 10.1 Å². The largest absolute Gasteiger partial charge is 0.496 e. The highest BCUT2D eigenvalue weighted by Crippen LogP contribution is 2.28. The fraction of sp³-hybridized carbons (Fsp3) is 0.562. The molecule has 1 atom stereocenters. The Labute approximate surface area is 115 Å². The summed E-state index contributed by atoms with van der Waals surface area (Å²) in [5.41, 5.74) is 2.45. The molecule has 1 N–H and O–H groups in total. The summed E-state index contributed by atoms with van der Waals surface area (Å²) in [6.45, 7) is 5.96. The van der Waals surface area contributed by atoms with Crippen LogP contribution in [0.1, 0.15) is 37.3 Å². The molecule has 0 aromatic heterocycles. The van der Waals surface area contributed by atoms with Crippen LogP contribution in [0, 0.1) is 5.92 Å². The first kappa shape index (κ1) is 14.1. The van der Waals surface area contributed by atoms with E-state index in [0.717, 1.165) is 25.3 Å². The minimum Gasteiger partial charge on any atom is -0.496 e. The molecule has 19 heavy (non-hydrogen) atoms. The normalized spacial score (nSPS) is 19.8. The summed E-state index contributed by atoms with van der Waals surface area (Å²) in [5, 5.41) is 3.30. The van der Waals surface area contributed by atoms with Crippen molar-refractivity contribution in [2.75, 3.05) is 20.2 Å². The van der Waals surface area contributed by atoms with Gasteiger partial charge in [-0.25, -0.2) is 0 Å². The lowest BCUT2D eigenvalue weighted by molar-refractivity contribution is -0.123. The number of carbonyl (C=O) groups is 1. The summed E-state index contributed by atoms with van der Waals surface area (Å²) in [4.78, 5) is 11.9. The van der Waals surface area contributed by atoms with Crippen LogP contribution in [0.3, 0.4) is 0 Å². The van der Waals surface area contributed by atoms with E-state index in [0.29, 0.717) is 18.1 Å². The van der Waals surface area contributed by atoms with Gasteiger partial charge in [-0.1, -0.05) is 26.0 Å². The number of ether oxygens (including phenoxy) is 1. The number of nitrogens with one attached hydrogen (secondary N) is 1. The third-order valence-corrected chi connectivity index (χ3v) is 3.79. The highest BCUT2D eigenvalue weighted by molar-refractivity contribution is 5.82. The molecule has 0 radical (unpaired) electrons. The van der Waals surface area contributed by atoms with Gasteiger partial charge in [-0.05, 0) is 29.5 Å². The Bertz CT molecular complexity index is 454. The molecule has 1 aromatic carbocycles. The number of carbonyl (C=O) groups excluding carboxylic acids is 1. The highest BCUT2D eigenvalue weighted by Gasteiger charge is 2.22. The van der Waals surface area contributed by atoms with Crippen LogP contribution in [0.4, 0.5) is 0 Å². The zero-order valence-electron chi connectivity index (χ0n) is 12.0. The Morgan fingerprint density at radius 2 is 2.21 bits per heavy atom. The Balaban J connectivity index is 2.16. The molecule has 1 aromatic rings. The third kappa shape index (κ3) is 3.35. The number of ketones is 1. The predicted molar refractivity (Wildman–Crippen MR) is 76.8 cm³/mol. The Morgan fingerprint density at radius 3 is 2.84 bits per heavy atom. The van der Waals surface area contributed by atoms with E-state index >= 15 is 0 Å². The average molecular weight is 261 g/mol. The van der Waals surface area contributed by atoms with Crippen LogP contribution in [-0.4, -0.2) is 26.0 Å². The molecule has 2 rings (SSSR count). The van der Waals surface area contributed by atoms with Crippen molar-refractivity contribution in [3.63, 3.8) is 0 Å². The molecule has 0 amide bonds. The number of hydrogen-bond acceptors (Lipinski definition) is 3. The first-order valence-electron chi connectivity index (χ1n) is 7.02. The second-order valence-corrected chi connectivity index (χ2v) is 5.55. The van der Waals surface area contributed by atoms with Gasteiger partial charge >= 0.3 is 0 Å². The number of hydrogen-bond donors (Lipinski definition) is 1. The van der Waals surface area contributed by atoms with Gasteiger partial charge in [-0.3, -0.25) is 4.79 Å². The maximum Gasteiger partial charge on any atom is 0.138 e. The van der Waals surface area contributed by atoms with Crippen molar-refractivity contribution in [1.29, 1.82) is 0 Å². The Hall–Kier alpha value is -1.35. The van der Waals surface area contributed by atoms with E-state index in [1.54, 1.807) is 7.11 Å². The molecule has 1 aliphatic heterocycles. The second-order valence-electron chi connectivity index (χ2n) is 5.55. The third-order valence-electron chi connectivity index (χ3n) is 3.79. The molecule has 1 fully saturated rings. The van der Waals surface area contributed by atoms with E-state index in [4.69, 9.17) is 4.74 Å². The summed E-state index contributed by atoms with van der Waals surface area (Å²) in [7, 11) is 1.70. The first-order chi connectivity index (χ1) is 9.11. The molecule has 1 aliphatic rings. The molecule has 3 heteroatoms. The van der Waals surface area contributed by atoms with Crippen molar-refractivity contribution >= 4 is 5.78 Å². The molecular formula is C16H23NO2. The van der Waals surface area contributed by atoms with E-state index in [9.17, 15) is 4.79 Å². The maximum atomic E-state index is 11.9. The molecule has 1 unspecified atom stereocenters. The zero-order chi connectivity index (χ0) is 13.8. The van der Waals surface area contributed by atoms with Crippen LogP contribution in [0.2, 0.25) is 0 Å². The summed E-state index contributed by atoms with van der Waals surface area (Å²) >= 11 is 0. The smallest absolute Gasteiger partial charge is 0.138 e. The summed E-state index contributed by atoms with van der Waals surface area (Å²) in [6, 6.07) is 6.28. The van der Waals surface area contributed by atoms with Crippen LogP contribution in [0.15, 0.2) is 18.2 Å². The van der Waals surface area contributed by atoms with Crippen LogP contribution >= 0.6 is 0 Å². The van der Waals surface area contributed by atoms with E-state index in [1.165, 1.54) is 11.1 Å². The van der Waals surface area contributed by atoms with Crippen molar-refractivity contribution in [2.24, 2.45) is 5.92 Å². The fourth-order valence-corrected chi connectivity index (χ4v) is 2.64. The molecule has 3 nitrogen and oxygen atoms in total. The van der Waals surface area contributed by atoms with E-state index in [-0.39, 0.29) is 5.92 Å². The van der Waals surface area contributed by atoms with E-state index in [1.807, 2.05) is 6.07 Å². The van der Waals surface area contributed by atoms with Gasteiger partial charge < -0.3 is 10.1 Å². The second kappa shape index (κ2) is 6.20. The van der Waals surface area contributed by atoms with Crippen molar-refractivity contribution in [1.82, 2.24) is 5.32 Å². The van der Waals surface area contributed by atoms with Gasteiger partial charge in [0.05, 0.1) is 7.11 Å². The van der Waals surface area contributed by atoms with Gasteiger partial charge in [0, 0.05) is 25.4 Å². The molecule has 0 saturated carbocycles. The number of Topliss-reactive ketones (excluding diaryl/α,β-unsaturated/α-hetero) is 1. The standard InChI is InChI=1S/C16H23NO2/c1-11(2)14-9-12(4-5-16(14)19-3)8-13-10-17-7-6-15(13)18/h4-5,9,11,13,17H,6-8,10H2,1-3H3. The van der Waals surface area contributed by atoms with Crippen molar-refractivity contribution in [3.8, 4) is 5.75 Å². The number of benzene rings is 1. The predicted octanol–water partition coefficient (Wildman–Crippen LogP) is 2.54. The van der Waals surface area contributed by atoms with Gasteiger partial charge in [-0.15, -0.1) is 0 Å². The van der Waals surface area contributed by atoms with Crippen molar-refractivity contribution in [3.05, 3.63) is 29.3 Å². The minimum atomic E-state index is 0.127. The van der Waals surface area contributed by atoms with Gasteiger partial charge in [0.2, 0.25) is 0 Å². The number of piperidine rings is 1. The highest BCUT2D eigenvalue weighted by atomic mass is 16.5. The maximum absolute atomic E-state index is 11.9. The van der Waals surface area contributed by atoms with Crippen LogP contribution in [0.5, 0.6) is 5.75 Å². The van der Waals surface area contributed by atoms with E-state index < -0.39 is 0 Å². The van der Waals surface area contributed by atoms with Gasteiger partial charge in [0.1, 0.15) is 11.5 Å². The Morgan fingerprint density at radius 1 is 1.42 bits per heavy atom. The lowest BCUT2D eigenvalue weighted by Crippen LogP contribution is -2.37. The lowest BCUT2D eigenvalue weighted by Gasteiger charge is -2.22. The SMILES string of the molecule is COc1ccc(CC2CNCCC2=O)cc1C(C)C. The quantitative estimate of drug-likeness (QED) is 0.905. The fourth-order valence-electron chi connectivity index (χ4n) is 2.64. The van der Waals surface area contributed by atoms with Gasteiger partial charge in [-0.2, -0.15) is 0 Å². The molecule has 1 heterocycles. The summed E-state index contributed by atoms with van der Waals surface area (Å²) < 4.78 is 5.39. The monoisotopic (exact) mass is 261 g/mol. The number of methoxy groups -OCH3 is 1. The molecule has 1 saturated heterocycles. The summed E-state index contributed by atoms with van der Waals surface area (Å²) in [6.07, 6.45) is 1.49. The van der Waals surface area contributed by atoms with Gasteiger partial charge in [0.25, 0.3) is 0 Å². The topological polar surface area (TPSA) is 38.3 Å². The first-order valence-corrected chi connectivity index (χ1v) is 7.02. The molecule has 0 bridgehead atoms. The van der Waals surface area contributed by atoms with Crippen LogP contribution in [0.25, 0.3) is 0 Å². The van der Waals surface area contributed by atoms with Crippen molar-refractivity contribution < 1.29 is 9.53 Å². The minimum absolute atomic E-state index is 0.127. The molecule has 0 spiro atoms. The average Bonchev–Trinajstić information content (AvgIpc) is 2.41. The summed E-state index contributed by atoms with van der Waals surface area (Å²) in [5.74, 6) is 1.88. The molecule has 104 valence electrons. The van der Waals surface area contributed by atoms with Crippen LogP contribution in [-0.2, 0) is 11.2 Å². The molecular weight excluding hydrogens is 238 g/mol. The zero-order valence-corrected chi connectivity index (χ0v) is 12.0. The van der Waals surface area contributed by atoms with Crippen molar-refractivity contribution in [2.45, 2.75) is 32.6 Å². The van der Waals surface area contributed by atoms with E-state index in [2.05, 4.69) is 31.3 Å². The van der Waals surface area contributed by atoms with Gasteiger partial charge in [0.15, 0.2) is 0 Å². The molecule has 0 aliphatic carbocycles.